The van der Waals surface area contributed by atoms with Gasteiger partial charge in [0.2, 0.25) is 0 Å². The lowest BCUT2D eigenvalue weighted by atomic mass is 10.1. The van der Waals surface area contributed by atoms with Gasteiger partial charge in [-0.2, -0.15) is 5.26 Å². The van der Waals surface area contributed by atoms with E-state index in [0.29, 0.717) is 26.3 Å². The molecule has 1 N–H and O–H groups in total. The van der Waals surface area contributed by atoms with Crippen LogP contribution >= 0.6 is 43.2 Å². The molecule has 0 atom stereocenters. The number of nitriles is 1. The molecule has 0 saturated heterocycles. The molecule has 9 heteroatoms. The van der Waals surface area contributed by atoms with Gasteiger partial charge < -0.3 is 9.73 Å². The first-order valence-electron chi connectivity index (χ1n) is 8.46. The van der Waals surface area contributed by atoms with E-state index in [4.69, 9.17) is 4.42 Å². The van der Waals surface area contributed by atoms with Crippen molar-refractivity contribution in [3.63, 3.8) is 0 Å². The number of thiazole rings is 1. The summed E-state index contributed by atoms with van der Waals surface area (Å²) in [5, 5.41) is 15.1. The van der Waals surface area contributed by atoms with E-state index in [1.807, 2.05) is 12.1 Å². The van der Waals surface area contributed by atoms with Gasteiger partial charge in [0.25, 0.3) is 0 Å². The molecule has 0 unspecified atom stereocenters. The summed E-state index contributed by atoms with van der Waals surface area (Å²) in [6.07, 6.45) is 1.38. The van der Waals surface area contributed by atoms with Crippen LogP contribution in [0.1, 0.15) is 5.01 Å². The van der Waals surface area contributed by atoms with Gasteiger partial charge in [-0.25, -0.2) is 14.2 Å². The van der Waals surface area contributed by atoms with Crippen molar-refractivity contribution in [2.75, 3.05) is 5.32 Å². The number of fused-ring (bicyclic) bond motifs is 1. The fraction of sp³-hybridized carbons (Fsp3) is 0. The van der Waals surface area contributed by atoms with Crippen molar-refractivity contribution in [1.82, 2.24) is 4.98 Å². The first kappa shape index (κ1) is 20.5. The lowest BCUT2D eigenvalue weighted by Crippen LogP contribution is -2.03. The summed E-state index contributed by atoms with van der Waals surface area (Å²) < 4.78 is 20.8. The molecule has 4 aromatic rings. The quantitative estimate of drug-likeness (QED) is 0.232. The summed E-state index contributed by atoms with van der Waals surface area (Å²) in [4.78, 5) is 16.8. The van der Waals surface area contributed by atoms with E-state index < -0.39 is 11.4 Å². The summed E-state index contributed by atoms with van der Waals surface area (Å²) in [6, 6.07) is 13.6. The second-order valence-corrected chi connectivity index (χ2v) is 8.80. The monoisotopic (exact) mass is 545 g/mol. The molecule has 0 saturated carbocycles. The van der Waals surface area contributed by atoms with Gasteiger partial charge in [0, 0.05) is 25.9 Å². The fourth-order valence-corrected chi connectivity index (χ4v) is 4.19. The molecule has 2 heterocycles. The normalized spacial score (nSPS) is 11.5. The van der Waals surface area contributed by atoms with Gasteiger partial charge in [-0.15, -0.1) is 11.3 Å². The predicted molar refractivity (Wildman–Crippen MR) is 123 cm³/mol. The molecule has 30 heavy (non-hydrogen) atoms. The average Bonchev–Trinajstić information content (AvgIpc) is 3.19. The number of nitrogens with one attached hydrogen (secondary N) is 1. The van der Waals surface area contributed by atoms with Crippen molar-refractivity contribution < 1.29 is 8.81 Å². The number of aromatic nitrogens is 1. The molecule has 148 valence electrons. The van der Waals surface area contributed by atoms with Gasteiger partial charge in [0.05, 0.1) is 16.9 Å². The van der Waals surface area contributed by atoms with E-state index in [1.165, 1.54) is 23.6 Å². The van der Waals surface area contributed by atoms with Crippen LogP contribution < -0.4 is 10.9 Å². The zero-order valence-corrected chi connectivity index (χ0v) is 18.9. The standard InChI is InChI=1S/C21H10Br2FN3O2S/c22-13-2-4-19-11(5-13)6-15(21(28)29-19)18-10-30-20(27-18)12(8-25)9-26-17-3-1-14(23)7-16(17)24/h1-7,9-10,26H/b12-9+. The Hall–Kier alpha value is -2.80. The average molecular weight is 547 g/mol. The van der Waals surface area contributed by atoms with E-state index in [-0.39, 0.29) is 11.3 Å². The molecule has 0 fully saturated rings. The zero-order chi connectivity index (χ0) is 21.3. The van der Waals surface area contributed by atoms with E-state index in [9.17, 15) is 14.4 Å². The Bertz CT molecular complexity index is 1410. The molecule has 0 bridgehead atoms. The van der Waals surface area contributed by atoms with Crippen molar-refractivity contribution >= 4 is 65.4 Å². The number of halogens is 3. The highest BCUT2D eigenvalue weighted by molar-refractivity contribution is 9.10. The Kier molecular flexibility index (Phi) is 5.81. The second-order valence-electron chi connectivity index (χ2n) is 6.11. The summed E-state index contributed by atoms with van der Waals surface area (Å²) in [7, 11) is 0. The van der Waals surface area contributed by atoms with E-state index >= 15 is 0 Å². The molecule has 0 radical (unpaired) electrons. The van der Waals surface area contributed by atoms with E-state index in [1.54, 1.807) is 35.7 Å². The van der Waals surface area contributed by atoms with Crippen molar-refractivity contribution in [1.29, 1.82) is 5.26 Å². The van der Waals surface area contributed by atoms with Crippen LogP contribution in [0.4, 0.5) is 10.1 Å². The summed E-state index contributed by atoms with van der Waals surface area (Å²) in [5.74, 6) is -0.460. The van der Waals surface area contributed by atoms with Crippen LogP contribution in [-0.2, 0) is 0 Å². The summed E-state index contributed by atoms with van der Waals surface area (Å²) >= 11 is 7.80. The smallest absolute Gasteiger partial charge is 0.345 e. The molecule has 2 aromatic heterocycles. The first-order valence-corrected chi connectivity index (χ1v) is 10.9. The summed E-state index contributed by atoms with van der Waals surface area (Å²) in [5.41, 5.74) is 1.10. The van der Waals surface area contributed by atoms with Crippen LogP contribution in [0.2, 0.25) is 0 Å². The maximum Gasteiger partial charge on any atom is 0.345 e. The van der Waals surface area contributed by atoms with Crippen LogP contribution in [0.25, 0.3) is 27.8 Å². The van der Waals surface area contributed by atoms with E-state index in [0.717, 1.165) is 9.86 Å². The Morgan fingerprint density at radius 1 is 1.20 bits per heavy atom. The minimum absolute atomic E-state index is 0.210. The van der Waals surface area contributed by atoms with Crippen LogP contribution in [-0.4, -0.2) is 4.98 Å². The highest BCUT2D eigenvalue weighted by atomic mass is 79.9. The highest BCUT2D eigenvalue weighted by Crippen LogP contribution is 2.28. The summed E-state index contributed by atoms with van der Waals surface area (Å²) in [6.45, 7) is 0. The molecule has 0 aliphatic rings. The molecule has 0 spiro atoms. The van der Waals surface area contributed by atoms with Crippen molar-refractivity contribution in [2.45, 2.75) is 0 Å². The van der Waals surface area contributed by atoms with Gasteiger partial charge in [-0.05, 0) is 42.5 Å². The number of allylic oxidation sites excluding steroid dienone is 1. The van der Waals surface area contributed by atoms with Crippen LogP contribution in [0.3, 0.4) is 0 Å². The maximum atomic E-state index is 14.0. The lowest BCUT2D eigenvalue weighted by molar-refractivity contribution is 0.563. The topological polar surface area (TPSA) is 78.9 Å². The van der Waals surface area contributed by atoms with Crippen LogP contribution in [0, 0.1) is 17.1 Å². The Labute approximate surface area is 190 Å². The van der Waals surface area contributed by atoms with Gasteiger partial charge in [-0.1, -0.05) is 31.9 Å². The number of nitrogens with zero attached hydrogens (tertiary/aromatic N) is 2. The number of benzene rings is 2. The number of rotatable bonds is 4. The number of anilines is 1. The fourth-order valence-electron chi connectivity index (χ4n) is 2.69. The van der Waals surface area contributed by atoms with Gasteiger partial charge in [0.1, 0.15) is 28.1 Å². The Morgan fingerprint density at radius 2 is 1.97 bits per heavy atom. The van der Waals surface area contributed by atoms with Crippen LogP contribution in [0.15, 0.2) is 72.2 Å². The minimum Gasteiger partial charge on any atom is -0.422 e. The maximum absolute atomic E-state index is 14.0. The Morgan fingerprint density at radius 3 is 2.73 bits per heavy atom. The predicted octanol–water partition coefficient (Wildman–Crippen LogP) is 6.56. The minimum atomic E-state index is -0.515. The molecule has 4 rings (SSSR count). The first-order chi connectivity index (χ1) is 14.4. The molecule has 5 nitrogen and oxygen atoms in total. The zero-order valence-electron chi connectivity index (χ0n) is 14.9. The number of hydrogen-bond donors (Lipinski definition) is 1. The second kappa shape index (κ2) is 8.52. The van der Waals surface area contributed by atoms with Gasteiger partial charge in [0.15, 0.2) is 0 Å². The van der Waals surface area contributed by atoms with E-state index in [2.05, 4.69) is 42.2 Å². The third-order valence-electron chi connectivity index (χ3n) is 4.13. The van der Waals surface area contributed by atoms with Crippen LogP contribution in [0.5, 0.6) is 0 Å². The highest BCUT2D eigenvalue weighted by Gasteiger charge is 2.14. The molecular formula is C21H10Br2FN3O2S. The third kappa shape index (κ3) is 4.21. The molecule has 0 aliphatic heterocycles. The Balaban J connectivity index is 1.67. The largest absolute Gasteiger partial charge is 0.422 e. The van der Waals surface area contributed by atoms with Crippen molar-refractivity contribution in [2.24, 2.45) is 0 Å². The molecule has 2 aromatic carbocycles. The molecule has 0 aliphatic carbocycles. The molecular weight excluding hydrogens is 537 g/mol. The molecule has 0 amide bonds. The van der Waals surface area contributed by atoms with Crippen molar-refractivity contribution in [3.05, 3.63) is 84.2 Å². The third-order valence-corrected chi connectivity index (χ3v) is 5.99. The van der Waals surface area contributed by atoms with Gasteiger partial charge in [-0.3, -0.25) is 0 Å². The number of hydrogen-bond acceptors (Lipinski definition) is 6. The van der Waals surface area contributed by atoms with Gasteiger partial charge >= 0.3 is 5.63 Å². The lowest BCUT2D eigenvalue weighted by Gasteiger charge is -2.03. The van der Waals surface area contributed by atoms with Crippen molar-refractivity contribution in [3.8, 4) is 17.3 Å². The SMILES string of the molecule is N#C/C(=C\Nc1ccc(Br)cc1F)c1nc(-c2cc3cc(Br)ccc3oc2=O)cs1.